The number of rotatable bonds is 6. The average Bonchev–Trinajstić information content (AvgIpc) is 3.01. The molecule has 1 amide bonds. The Labute approximate surface area is 145 Å². The van der Waals surface area contributed by atoms with E-state index < -0.39 is 24.0 Å². The van der Waals surface area contributed by atoms with Gasteiger partial charge in [0, 0.05) is 12.5 Å². The summed E-state index contributed by atoms with van der Waals surface area (Å²) in [5.41, 5.74) is 3.48. The fraction of sp³-hybridized carbons (Fsp3) is 0.412. The van der Waals surface area contributed by atoms with Crippen LogP contribution < -0.4 is 5.43 Å². The van der Waals surface area contributed by atoms with Crippen molar-refractivity contribution >= 4 is 23.7 Å². The molecule has 0 aliphatic carbocycles. The standard InChI is InChI=1S/C17H21N3O5/c1-4-24-16(22)13(17(23)25-5-2)14-18-15(20(19-14)11(3)21)12-9-7-6-8-10-12/h6-10,13-14,19H,4-5H2,1-3H3. The third-order valence-electron chi connectivity index (χ3n) is 3.48. The number of aliphatic imine (C=N–C) groups is 1. The van der Waals surface area contributed by atoms with Gasteiger partial charge in [0.1, 0.15) is 6.17 Å². The number of carbonyl (C=O) groups is 3. The van der Waals surface area contributed by atoms with Gasteiger partial charge in [-0.2, -0.15) is 5.43 Å². The van der Waals surface area contributed by atoms with Crippen LogP contribution in [0.25, 0.3) is 0 Å². The summed E-state index contributed by atoms with van der Waals surface area (Å²) in [6.45, 7) is 4.88. The number of ether oxygens (including phenoxy) is 2. The van der Waals surface area contributed by atoms with Crippen molar-refractivity contribution in [3.8, 4) is 0 Å². The molecule has 0 saturated carbocycles. The summed E-state index contributed by atoms with van der Waals surface area (Å²) in [4.78, 5) is 40.8. The minimum atomic E-state index is -1.30. The van der Waals surface area contributed by atoms with Crippen molar-refractivity contribution in [3.63, 3.8) is 0 Å². The molecule has 0 radical (unpaired) electrons. The maximum atomic E-state index is 12.2. The van der Waals surface area contributed by atoms with Crippen LogP contribution in [-0.4, -0.2) is 48.1 Å². The zero-order valence-electron chi connectivity index (χ0n) is 14.4. The van der Waals surface area contributed by atoms with Crippen LogP contribution in [0.5, 0.6) is 0 Å². The van der Waals surface area contributed by atoms with E-state index in [1.807, 2.05) is 6.07 Å². The summed E-state index contributed by atoms with van der Waals surface area (Å²) in [5.74, 6) is -2.80. The van der Waals surface area contributed by atoms with Crippen LogP contribution in [0.4, 0.5) is 0 Å². The van der Waals surface area contributed by atoms with E-state index in [9.17, 15) is 14.4 Å². The molecule has 2 rings (SSSR count). The highest BCUT2D eigenvalue weighted by molar-refractivity contribution is 6.08. The average molecular weight is 347 g/mol. The van der Waals surface area contributed by atoms with E-state index in [2.05, 4.69) is 10.4 Å². The molecule has 8 nitrogen and oxygen atoms in total. The van der Waals surface area contributed by atoms with Crippen molar-refractivity contribution in [1.29, 1.82) is 0 Å². The van der Waals surface area contributed by atoms with Gasteiger partial charge in [-0.05, 0) is 13.8 Å². The predicted octanol–water partition coefficient (Wildman–Crippen LogP) is 0.868. The molecule has 1 unspecified atom stereocenters. The molecule has 1 aliphatic heterocycles. The lowest BCUT2D eigenvalue weighted by Crippen LogP contribution is -2.49. The topological polar surface area (TPSA) is 97.3 Å². The van der Waals surface area contributed by atoms with Gasteiger partial charge in [-0.15, -0.1) is 0 Å². The molecule has 1 aliphatic rings. The first-order valence-electron chi connectivity index (χ1n) is 8.02. The quantitative estimate of drug-likeness (QED) is 0.606. The number of hydrogen-bond acceptors (Lipinski definition) is 7. The largest absolute Gasteiger partial charge is 0.465 e. The van der Waals surface area contributed by atoms with E-state index in [0.717, 1.165) is 0 Å². The molecule has 1 N–H and O–H groups in total. The van der Waals surface area contributed by atoms with Crippen molar-refractivity contribution < 1.29 is 23.9 Å². The Morgan fingerprint density at radius 2 is 1.68 bits per heavy atom. The van der Waals surface area contributed by atoms with Gasteiger partial charge in [-0.25, -0.2) is 10.0 Å². The number of hydrazine groups is 1. The Balaban J connectivity index is 2.37. The smallest absolute Gasteiger partial charge is 0.324 e. The number of nitrogens with zero attached hydrogens (tertiary/aromatic N) is 2. The summed E-state index contributed by atoms with van der Waals surface area (Å²) in [6.07, 6.45) is -0.989. The number of amides is 1. The molecule has 0 spiro atoms. The summed E-state index contributed by atoms with van der Waals surface area (Å²) >= 11 is 0. The van der Waals surface area contributed by atoms with Gasteiger partial charge in [-0.3, -0.25) is 14.4 Å². The first-order valence-corrected chi connectivity index (χ1v) is 8.02. The van der Waals surface area contributed by atoms with Crippen molar-refractivity contribution in [1.82, 2.24) is 10.4 Å². The molecule has 0 bridgehead atoms. The third-order valence-corrected chi connectivity index (χ3v) is 3.48. The fourth-order valence-electron chi connectivity index (χ4n) is 2.41. The van der Waals surface area contributed by atoms with Crippen LogP contribution >= 0.6 is 0 Å². The van der Waals surface area contributed by atoms with Crippen molar-refractivity contribution in [2.45, 2.75) is 26.9 Å². The lowest BCUT2D eigenvalue weighted by atomic mass is 10.1. The van der Waals surface area contributed by atoms with Crippen LogP contribution in [0.3, 0.4) is 0 Å². The molecule has 0 saturated heterocycles. The molecule has 0 aromatic heterocycles. The maximum Gasteiger partial charge on any atom is 0.324 e. The van der Waals surface area contributed by atoms with Gasteiger partial charge in [-0.1, -0.05) is 30.3 Å². The van der Waals surface area contributed by atoms with Crippen LogP contribution in [0.15, 0.2) is 35.3 Å². The highest BCUT2D eigenvalue weighted by Gasteiger charge is 2.43. The second-order valence-electron chi connectivity index (χ2n) is 5.23. The Morgan fingerprint density at radius 1 is 1.12 bits per heavy atom. The highest BCUT2D eigenvalue weighted by Crippen LogP contribution is 2.20. The molecule has 0 fully saturated rings. The van der Waals surface area contributed by atoms with E-state index in [1.165, 1.54) is 11.9 Å². The summed E-state index contributed by atoms with van der Waals surface area (Å²) < 4.78 is 9.94. The monoisotopic (exact) mass is 347 g/mol. The first-order chi connectivity index (χ1) is 12.0. The summed E-state index contributed by atoms with van der Waals surface area (Å²) in [5, 5.41) is 1.21. The lowest BCUT2D eigenvalue weighted by Gasteiger charge is -2.21. The van der Waals surface area contributed by atoms with Crippen molar-refractivity contribution in [2.75, 3.05) is 13.2 Å². The van der Waals surface area contributed by atoms with Crippen molar-refractivity contribution in [3.05, 3.63) is 35.9 Å². The van der Waals surface area contributed by atoms with E-state index >= 15 is 0 Å². The third kappa shape index (κ3) is 4.21. The summed E-state index contributed by atoms with van der Waals surface area (Å²) in [6, 6.07) is 9.00. The molecular weight excluding hydrogens is 326 g/mol. The van der Waals surface area contributed by atoms with E-state index in [4.69, 9.17) is 9.47 Å². The zero-order chi connectivity index (χ0) is 18.4. The number of hydrogen-bond donors (Lipinski definition) is 1. The lowest BCUT2D eigenvalue weighted by molar-refractivity contribution is -0.163. The molecule has 1 aromatic rings. The van der Waals surface area contributed by atoms with E-state index in [1.54, 1.807) is 38.1 Å². The van der Waals surface area contributed by atoms with Crippen LogP contribution in [0.2, 0.25) is 0 Å². The minimum absolute atomic E-state index is 0.118. The molecule has 1 aromatic carbocycles. The van der Waals surface area contributed by atoms with Gasteiger partial charge >= 0.3 is 11.9 Å². The molecule has 8 heteroatoms. The Kier molecular flexibility index (Phi) is 6.24. The van der Waals surface area contributed by atoms with Gasteiger partial charge < -0.3 is 9.47 Å². The number of nitrogens with one attached hydrogen (secondary N) is 1. The fourth-order valence-corrected chi connectivity index (χ4v) is 2.41. The van der Waals surface area contributed by atoms with Crippen molar-refractivity contribution in [2.24, 2.45) is 10.9 Å². The second kappa shape index (κ2) is 8.39. The molecule has 1 heterocycles. The van der Waals surface area contributed by atoms with E-state index in [0.29, 0.717) is 11.4 Å². The van der Waals surface area contributed by atoms with Crippen LogP contribution in [-0.2, 0) is 23.9 Å². The highest BCUT2D eigenvalue weighted by atomic mass is 16.6. The summed E-state index contributed by atoms with van der Waals surface area (Å²) in [7, 11) is 0. The predicted molar refractivity (Wildman–Crippen MR) is 89.2 cm³/mol. The minimum Gasteiger partial charge on any atom is -0.465 e. The van der Waals surface area contributed by atoms with Crippen LogP contribution in [0.1, 0.15) is 26.3 Å². The number of esters is 2. The Hall–Kier alpha value is -2.74. The van der Waals surface area contributed by atoms with Crippen LogP contribution in [0, 0.1) is 5.92 Å². The second-order valence-corrected chi connectivity index (χ2v) is 5.23. The molecule has 1 atom stereocenters. The Bertz CT molecular complexity index is 656. The number of benzene rings is 1. The molecule has 134 valence electrons. The van der Waals surface area contributed by atoms with Gasteiger partial charge in [0.05, 0.1) is 13.2 Å². The number of amidine groups is 1. The molecular formula is C17H21N3O5. The normalized spacial score (nSPS) is 16.6. The van der Waals surface area contributed by atoms with Gasteiger partial charge in [0.25, 0.3) is 0 Å². The zero-order valence-corrected chi connectivity index (χ0v) is 14.4. The maximum absolute atomic E-state index is 12.2. The Morgan fingerprint density at radius 3 is 2.16 bits per heavy atom. The van der Waals surface area contributed by atoms with Gasteiger partial charge in [0.2, 0.25) is 5.91 Å². The first kappa shape index (κ1) is 18.6. The number of carbonyl (C=O) groups excluding carboxylic acids is 3. The van der Waals surface area contributed by atoms with E-state index in [-0.39, 0.29) is 19.1 Å². The van der Waals surface area contributed by atoms with Gasteiger partial charge in [0.15, 0.2) is 11.8 Å². The molecule has 25 heavy (non-hydrogen) atoms. The SMILES string of the molecule is CCOC(=O)C(C(=O)OCC)C1N=C(c2ccccc2)N(C(C)=O)N1.